The highest BCUT2D eigenvalue weighted by Crippen LogP contribution is 2.14. The number of amides is 1. The van der Waals surface area contributed by atoms with E-state index in [0.717, 1.165) is 18.5 Å². The van der Waals surface area contributed by atoms with Crippen molar-refractivity contribution in [1.29, 1.82) is 0 Å². The van der Waals surface area contributed by atoms with E-state index in [1.807, 2.05) is 0 Å². The van der Waals surface area contributed by atoms with E-state index in [2.05, 4.69) is 15.4 Å². The minimum absolute atomic E-state index is 0.0545. The quantitative estimate of drug-likeness (QED) is 0.710. The molecule has 1 aliphatic rings. The van der Waals surface area contributed by atoms with Gasteiger partial charge in [-0.2, -0.15) is 0 Å². The molecule has 0 spiro atoms. The van der Waals surface area contributed by atoms with Gasteiger partial charge in [0.05, 0.1) is 4.90 Å². The Hall–Kier alpha value is -2.29. The average molecular weight is 377 g/mol. The van der Waals surface area contributed by atoms with Crippen molar-refractivity contribution in [2.45, 2.75) is 23.9 Å². The van der Waals surface area contributed by atoms with E-state index in [0.29, 0.717) is 6.54 Å². The van der Waals surface area contributed by atoms with Crippen LogP contribution in [0.1, 0.15) is 22.3 Å². The standard InChI is InChI=1S/C18H20FN3O3S/c19-15-6-4-13(5-7-15)11-21-18(23)14-2-1-3-17(10-14)26(24,25)22-16-8-9-20-12-16/h1-7,10,16,20,22H,8-9,11-12H2,(H,21,23)/t16-/m1/s1. The summed E-state index contributed by atoms with van der Waals surface area (Å²) < 4.78 is 40.5. The van der Waals surface area contributed by atoms with E-state index in [1.165, 1.54) is 30.3 Å². The molecule has 1 aliphatic heterocycles. The number of benzene rings is 2. The number of sulfonamides is 1. The third-order valence-electron chi connectivity index (χ3n) is 4.15. The lowest BCUT2D eigenvalue weighted by molar-refractivity contribution is 0.0950. The van der Waals surface area contributed by atoms with E-state index in [4.69, 9.17) is 0 Å². The van der Waals surface area contributed by atoms with Crippen molar-refractivity contribution in [3.05, 3.63) is 65.5 Å². The van der Waals surface area contributed by atoms with Crippen molar-refractivity contribution in [2.75, 3.05) is 13.1 Å². The highest BCUT2D eigenvalue weighted by molar-refractivity contribution is 7.89. The predicted octanol–water partition coefficient (Wildman–Crippen LogP) is 1.40. The maximum Gasteiger partial charge on any atom is 0.251 e. The van der Waals surface area contributed by atoms with E-state index >= 15 is 0 Å². The smallest absolute Gasteiger partial charge is 0.251 e. The predicted molar refractivity (Wildman–Crippen MR) is 95.6 cm³/mol. The van der Waals surface area contributed by atoms with Gasteiger partial charge in [0.15, 0.2) is 0 Å². The van der Waals surface area contributed by atoms with Crippen LogP contribution < -0.4 is 15.4 Å². The third kappa shape index (κ3) is 4.66. The van der Waals surface area contributed by atoms with Crippen molar-refractivity contribution < 1.29 is 17.6 Å². The molecule has 0 radical (unpaired) electrons. The Balaban J connectivity index is 1.67. The molecule has 2 aromatic carbocycles. The molecule has 0 aliphatic carbocycles. The zero-order valence-corrected chi connectivity index (χ0v) is 14.9. The Morgan fingerprint density at radius 2 is 1.96 bits per heavy atom. The highest BCUT2D eigenvalue weighted by atomic mass is 32.2. The van der Waals surface area contributed by atoms with Crippen LogP contribution in [0, 0.1) is 5.82 Å². The van der Waals surface area contributed by atoms with Crippen molar-refractivity contribution >= 4 is 15.9 Å². The van der Waals surface area contributed by atoms with Crippen LogP contribution in [0.4, 0.5) is 4.39 Å². The molecule has 3 rings (SSSR count). The second-order valence-corrected chi connectivity index (χ2v) is 7.86. The first-order chi connectivity index (χ1) is 12.4. The molecule has 0 bridgehead atoms. The van der Waals surface area contributed by atoms with Crippen LogP contribution in [0.15, 0.2) is 53.4 Å². The fraction of sp³-hybridized carbons (Fsp3) is 0.278. The van der Waals surface area contributed by atoms with Gasteiger partial charge in [0.2, 0.25) is 10.0 Å². The first kappa shape index (κ1) is 18.5. The summed E-state index contributed by atoms with van der Waals surface area (Å²) in [6, 6.07) is 11.6. The van der Waals surface area contributed by atoms with E-state index < -0.39 is 15.9 Å². The maximum atomic E-state index is 12.9. The minimum Gasteiger partial charge on any atom is -0.348 e. The van der Waals surface area contributed by atoms with Gasteiger partial charge in [0.25, 0.3) is 5.91 Å². The van der Waals surface area contributed by atoms with Gasteiger partial charge in [-0.3, -0.25) is 4.79 Å². The number of nitrogens with one attached hydrogen (secondary N) is 3. The molecule has 6 nitrogen and oxygen atoms in total. The van der Waals surface area contributed by atoms with Crippen LogP contribution in [-0.2, 0) is 16.6 Å². The molecule has 1 heterocycles. The van der Waals surface area contributed by atoms with Crippen molar-refractivity contribution in [3.63, 3.8) is 0 Å². The summed E-state index contributed by atoms with van der Waals surface area (Å²) in [7, 11) is -3.68. The molecule has 1 amide bonds. The minimum atomic E-state index is -3.68. The third-order valence-corrected chi connectivity index (χ3v) is 5.67. The van der Waals surface area contributed by atoms with Gasteiger partial charge in [-0.15, -0.1) is 0 Å². The van der Waals surface area contributed by atoms with Crippen LogP contribution in [-0.4, -0.2) is 33.5 Å². The molecule has 0 saturated carbocycles. The molecule has 3 N–H and O–H groups in total. The van der Waals surface area contributed by atoms with Gasteiger partial charge in [0.1, 0.15) is 5.82 Å². The summed E-state index contributed by atoms with van der Waals surface area (Å²) >= 11 is 0. The Kier molecular flexibility index (Phi) is 5.65. The van der Waals surface area contributed by atoms with Gasteiger partial charge in [-0.1, -0.05) is 18.2 Å². The van der Waals surface area contributed by atoms with Crippen LogP contribution in [0.3, 0.4) is 0 Å². The monoisotopic (exact) mass is 377 g/mol. The number of carbonyl (C=O) groups excluding carboxylic acids is 1. The van der Waals surface area contributed by atoms with E-state index in [-0.39, 0.29) is 28.9 Å². The zero-order chi connectivity index (χ0) is 18.6. The normalized spacial score (nSPS) is 17.2. The summed E-state index contributed by atoms with van der Waals surface area (Å²) in [5, 5.41) is 5.80. The fourth-order valence-electron chi connectivity index (χ4n) is 2.73. The lowest BCUT2D eigenvalue weighted by atomic mass is 10.2. The SMILES string of the molecule is O=C(NCc1ccc(F)cc1)c1cccc(S(=O)(=O)N[C@@H]2CCNC2)c1. The topological polar surface area (TPSA) is 87.3 Å². The molecular weight excluding hydrogens is 357 g/mol. The van der Waals surface area contributed by atoms with E-state index in [9.17, 15) is 17.6 Å². The van der Waals surface area contributed by atoms with Gasteiger partial charge < -0.3 is 10.6 Å². The molecular formula is C18H20FN3O3S. The Bertz CT molecular complexity index is 879. The molecule has 2 aromatic rings. The van der Waals surface area contributed by atoms with Crippen LogP contribution in [0.2, 0.25) is 0 Å². The van der Waals surface area contributed by atoms with Crippen molar-refractivity contribution in [1.82, 2.24) is 15.4 Å². The van der Waals surface area contributed by atoms with E-state index in [1.54, 1.807) is 18.2 Å². The largest absolute Gasteiger partial charge is 0.348 e. The molecule has 1 saturated heterocycles. The lowest BCUT2D eigenvalue weighted by Crippen LogP contribution is -2.36. The number of halogens is 1. The highest BCUT2D eigenvalue weighted by Gasteiger charge is 2.23. The van der Waals surface area contributed by atoms with Gasteiger partial charge in [0, 0.05) is 24.7 Å². The number of rotatable bonds is 6. The molecule has 0 unspecified atom stereocenters. The number of carbonyl (C=O) groups is 1. The maximum absolute atomic E-state index is 12.9. The first-order valence-electron chi connectivity index (χ1n) is 8.30. The average Bonchev–Trinajstić information content (AvgIpc) is 3.13. The summed E-state index contributed by atoms with van der Waals surface area (Å²) in [6.45, 7) is 1.60. The zero-order valence-electron chi connectivity index (χ0n) is 14.0. The number of hydrogen-bond acceptors (Lipinski definition) is 4. The summed E-state index contributed by atoms with van der Waals surface area (Å²) in [4.78, 5) is 12.4. The molecule has 138 valence electrons. The Labute approximate surface area is 151 Å². The van der Waals surface area contributed by atoms with Gasteiger partial charge >= 0.3 is 0 Å². The summed E-state index contributed by atoms with van der Waals surface area (Å²) in [5.41, 5.74) is 0.999. The summed E-state index contributed by atoms with van der Waals surface area (Å²) in [5.74, 6) is -0.739. The second kappa shape index (κ2) is 7.94. The van der Waals surface area contributed by atoms with Gasteiger partial charge in [-0.25, -0.2) is 17.5 Å². The van der Waals surface area contributed by atoms with Crippen molar-refractivity contribution in [3.8, 4) is 0 Å². The fourth-order valence-corrected chi connectivity index (χ4v) is 4.05. The second-order valence-electron chi connectivity index (χ2n) is 6.15. The molecule has 1 fully saturated rings. The summed E-state index contributed by atoms with van der Waals surface area (Å²) in [6.07, 6.45) is 0.733. The molecule has 0 aromatic heterocycles. The van der Waals surface area contributed by atoms with Crippen LogP contribution in [0.5, 0.6) is 0 Å². The molecule has 8 heteroatoms. The number of hydrogen-bond donors (Lipinski definition) is 3. The molecule has 26 heavy (non-hydrogen) atoms. The van der Waals surface area contributed by atoms with Crippen molar-refractivity contribution in [2.24, 2.45) is 0 Å². The first-order valence-corrected chi connectivity index (χ1v) is 9.78. The van der Waals surface area contributed by atoms with Crippen LogP contribution in [0.25, 0.3) is 0 Å². The Morgan fingerprint density at radius 1 is 1.19 bits per heavy atom. The lowest BCUT2D eigenvalue weighted by Gasteiger charge is -2.13. The molecule has 1 atom stereocenters. The van der Waals surface area contributed by atoms with Gasteiger partial charge in [-0.05, 0) is 48.9 Å². The van der Waals surface area contributed by atoms with Crippen LogP contribution >= 0.6 is 0 Å². The Morgan fingerprint density at radius 3 is 2.65 bits per heavy atom.